The molecule has 0 spiro atoms. The molecular weight excluding hydrogens is 314 g/mol. The Bertz CT molecular complexity index is 528. The second-order valence-electron chi connectivity index (χ2n) is 7.16. The fraction of sp³-hybridized carbons (Fsp3) is 0.647. The first kappa shape index (κ1) is 14.2. The Morgan fingerprint density at radius 2 is 2.05 bits per heavy atom. The van der Waals surface area contributed by atoms with Crippen LogP contribution in [0.5, 0.6) is 5.75 Å². The monoisotopic (exact) mass is 337 g/mol. The van der Waals surface area contributed by atoms with E-state index in [0.717, 1.165) is 16.1 Å². The number of rotatable bonds is 3. The molecule has 2 bridgehead atoms. The lowest BCUT2D eigenvalue weighted by Crippen LogP contribution is -2.40. The van der Waals surface area contributed by atoms with Gasteiger partial charge in [-0.2, -0.15) is 0 Å². The standard InChI is InChI=1S/C17H24BrNO/c1-16(2)11-7-8-17(16,3)15(9-11)19-12-5-6-13(18)14(10-12)20-4/h5-6,10-11,15,19H,7-9H2,1-4H3. The number of hydrogen-bond acceptors (Lipinski definition) is 2. The quantitative estimate of drug-likeness (QED) is 0.829. The highest BCUT2D eigenvalue weighted by Crippen LogP contribution is 2.65. The average Bonchev–Trinajstić information content (AvgIpc) is 2.74. The molecule has 2 nitrogen and oxygen atoms in total. The third kappa shape index (κ3) is 1.89. The summed E-state index contributed by atoms with van der Waals surface area (Å²) in [5.41, 5.74) is 2.02. The van der Waals surface area contributed by atoms with Crippen LogP contribution in [-0.2, 0) is 0 Å². The molecule has 2 saturated carbocycles. The summed E-state index contributed by atoms with van der Waals surface area (Å²) in [6.45, 7) is 7.37. The third-order valence-electron chi connectivity index (χ3n) is 6.29. The summed E-state index contributed by atoms with van der Waals surface area (Å²) in [7, 11) is 1.71. The largest absolute Gasteiger partial charge is 0.495 e. The van der Waals surface area contributed by atoms with Crippen molar-refractivity contribution in [1.82, 2.24) is 0 Å². The smallest absolute Gasteiger partial charge is 0.135 e. The fourth-order valence-electron chi connectivity index (χ4n) is 4.37. The van der Waals surface area contributed by atoms with Gasteiger partial charge in [-0.05, 0) is 64.1 Å². The molecule has 1 N–H and O–H groups in total. The van der Waals surface area contributed by atoms with Gasteiger partial charge in [0.15, 0.2) is 0 Å². The van der Waals surface area contributed by atoms with Crippen molar-refractivity contribution in [3.8, 4) is 5.75 Å². The summed E-state index contributed by atoms with van der Waals surface area (Å²) in [5.74, 6) is 1.75. The van der Waals surface area contributed by atoms with Crippen molar-refractivity contribution in [2.45, 2.75) is 46.1 Å². The highest BCUT2D eigenvalue weighted by Gasteiger charge is 2.61. The van der Waals surface area contributed by atoms with Gasteiger partial charge in [-0.1, -0.05) is 20.8 Å². The summed E-state index contributed by atoms with van der Waals surface area (Å²) in [6, 6.07) is 6.85. The van der Waals surface area contributed by atoms with Crippen LogP contribution in [0.4, 0.5) is 5.69 Å². The molecule has 0 aliphatic heterocycles. The number of nitrogens with one attached hydrogen (secondary N) is 1. The number of anilines is 1. The predicted octanol–water partition coefficient (Wildman–Crippen LogP) is 5.08. The van der Waals surface area contributed by atoms with Crippen molar-refractivity contribution in [2.75, 3.05) is 12.4 Å². The first-order valence-corrected chi connectivity index (χ1v) is 8.28. The Morgan fingerprint density at radius 3 is 2.60 bits per heavy atom. The summed E-state index contributed by atoms with van der Waals surface area (Å²) in [6.07, 6.45) is 4.03. The summed E-state index contributed by atoms with van der Waals surface area (Å²) < 4.78 is 6.40. The van der Waals surface area contributed by atoms with E-state index in [4.69, 9.17) is 4.74 Å². The van der Waals surface area contributed by atoms with Gasteiger partial charge in [-0.15, -0.1) is 0 Å². The van der Waals surface area contributed by atoms with Crippen molar-refractivity contribution in [2.24, 2.45) is 16.7 Å². The molecule has 2 aliphatic rings. The molecule has 0 saturated heterocycles. The average molecular weight is 338 g/mol. The van der Waals surface area contributed by atoms with E-state index in [-0.39, 0.29) is 0 Å². The minimum atomic E-state index is 0.401. The molecular formula is C17H24BrNO. The van der Waals surface area contributed by atoms with Crippen molar-refractivity contribution >= 4 is 21.6 Å². The zero-order valence-corrected chi connectivity index (χ0v) is 14.4. The minimum absolute atomic E-state index is 0.401. The molecule has 0 amide bonds. The van der Waals surface area contributed by atoms with Gasteiger partial charge in [0.1, 0.15) is 5.75 Å². The number of benzene rings is 1. The first-order chi connectivity index (χ1) is 9.38. The number of halogens is 1. The maximum atomic E-state index is 5.39. The van der Waals surface area contributed by atoms with Gasteiger partial charge < -0.3 is 10.1 Å². The Labute approximate surface area is 130 Å². The van der Waals surface area contributed by atoms with Crippen molar-refractivity contribution in [3.63, 3.8) is 0 Å². The maximum absolute atomic E-state index is 5.39. The van der Waals surface area contributed by atoms with Crippen LogP contribution in [0.3, 0.4) is 0 Å². The molecule has 3 unspecified atom stereocenters. The number of fused-ring (bicyclic) bond motifs is 2. The highest BCUT2D eigenvalue weighted by atomic mass is 79.9. The number of methoxy groups -OCH3 is 1. The molecule has 110 valence electrons. The lowest BCUT2D eigenvalue weighted by atomic mass is 9.69. The molecule has 1 aromatic carbocycles. The topological polar surface area (TPSA) is 21.3 Å². The van der Waals surface area contributed by atoms with Gasteiger partial charge in [0, 0.05) is 17.8 Å². The zero-order valence-electron chi connectivity index (χ0n) is 12.8. The van der Waals surface area contributed by atoms with Crippen LogP contribution in [0.2, 0.25) is 0 Å². The Kier molecular flexibility index (Phi) is 3.32. The summed E-state index contributed by atoms with van der Waals surface area (Å²) >= 11 is 3.51. The van der Waals surface area contributed by atoms with E-state index >= 15 is 0 Å². The third-order valence-corrected chi connectivity index (χ3v) is 6.94. The van der Waals surface area contributed by atoms with Crippen LogP contribution >= 0.6 is 15.9 Å². The van der Waals surface area contributed by atoms with Crippen molar-refractivity contribution in [1.29, 1.82) is 0 Å². The second-order valence-corrected chi connectivity index (χ2v) is 8.01. The molecule has 2 fully saturated rings. The molecule has 0 heterocycles. The Balaban J connectivity index is 1.83. The van der Waals surface area contributed by atoms with Gasteiger partial charge in [0.25, 0.3) is 0 Å². The van der Waals surface area contributed by atoms with Crippen LogP contribution in [-0.4, -0.2) is 13.2 Å². The van der Waals surface area contributed by atoms with E-state index in [2.05, 4.69) is 60.2 Å². The van der Waals surface area contributed by atoms with E-state index < -0.39 is 0 Å². The van der Waals surface area contributed by atoms with Crippen LogP contribution in [0.1, 0.15) is 40.0 Å². The van der Waals surface area contributed by atoms with Crippen molar-refractivity contribution in [3.05, 3.63) is 22.7 Å². The highest BCUT2D eigenvalue weighted by molar-refractivity contribution is 9.10. The maximum Gasteiger partial charge on any atom is 0.135 e. The minimum Gasteiger partial charge on any atom is -0.495 e. The Morgan fingerprint density at radius 1 is 1.30 bits per heavy atom. The molecule has 1 aromatic rings. The van der Waals surface area contributed by atoms with E-state index in [0.29, 0.717) is 16.9 Å². The normalized spacial score (nSPS) is 34.2. The number of hydrogen-bond donors (Lipinski definition) is 1. The van der Waals surface area contributed by atoms with Crippen LogP contribution in [0.15, 0.2) is 22.7 Å². The van der Waals surface area contributed by atoms with Crippen LogP contribution < -0.4 is 10.1 Å². The van der Waals surface area contributed by atoms with Gasteiger partial charge in [0.05, 0.1) is 11.6 Å². The molecule has 2 aliphatic carbocycles. The van der Waals surface area contributed by atoms with E-state index in [9.17, 15) is 0 Å². The molecule has 20 heavy (non-hydrogen) atoms. The lowest BCUT2D eigenvalue weighted by Gasteiger charge is -2.40. The lowest BCUT2D eigenvalue weighted by molar-refractivity contribution is 0.142. The SMILES string of the molecule is COc1cc(NC2CC3CCC2(C)C3(C)C)ccc1Br. The summed E-state index contributed by atoms with van der Waals surface area (Å²) in [5, 5.41) is 3.77. The molecule has 3 atom stereocenters. The molecule has 3 rings (SSSR count). The predicted molar refractivity (Wildman–Crippen MR) is 87.3 cm³/mol. The van der Waals surface area contributed by atoms with E-state index in [1.807, 2.05) is 0 Å². The van der Waals surface area contributed by atoms with Crippen LogP contribution in [0, 0.1) is 16.7 Å². The first-order valence-electron chi connectivity index (χ1n) is 7.48. The van der Waals surface area contributed by atoms with Gasteiger partial charge >= 0.3 is 0 Å². The zero-order chi connectivity index (χ0) is 14.5. The van der Waals surface area contributed by atoms with Crippen LogP contribution in [0.25, 0.3) is 0 Å². The Hall–Kier alpha value is -0.700. The molecule has 3 heteroatoms. The van der Waals surface area contributed by atoms with Crippen molar-refractivity contribution < 1.29 is 4.74 Å². The molecule has 0 radical (unpaired) electrons. The van der Waals surface area contributed by atoms with Gasteiger partial charge in [-0.25, -0.2) is 0 Å². The fourth-order valence-corrected chi connectivity index (χ4v) is 4.78. The molecule has 0 aromatic heterocycles. The summed E-state index contributed by atoms with van der Waals surface area (Å²) in [4.78, 5) is 0. The number of ether oxygens (including phenoxy) is 1. The van der Waals surface area contributed by atoms with E-state index in [1.54, 1.807) is 7.11 Å². The second kappa shape index (κ2) is 4.66. The van der Waals surface area contributed by atoms with Gasteiger partial charge in [-0.3, -0.25) is 0 Å². The van der Waals surface area contributed by atoms with Gasteiger partial charge in [0.2, 0.25) is 0 Å². The van der Waals surface area contributed by atoms with E-state index in [1.165, 1.54) is 24.9 Å².